The summed E-state index contributed by atoms with van der Waals surface area (Å²) in [5, 5.41) is 0. The first-order valence-corrected chi connectivity index (χ1v) is 5.43. The van der Waals surface area contributed by atoms with Crippen molar-refractivity contribution in [3.05, 3.63) is 48.3 Å². The summed E-state index contributed by atoms with van der Waals surface area (Å²) in [4.78, 5) is 8.41. The van der Waals surface area contributed by atoms with Crippen LogP contribution in [0.5, 0.6) is 0 Å². The van der Waals surface area contributed by atoms with Gasteiger partial charge in [-0.15, -0.1) is 0 Å². The molecule has 0 unspecified atom stereocenters. The summed E-state index contributed by atoms with van der Waals surface area (Å²) in [6.07, 6.45) is 6.36. The smallest absolute Gasteiger partial charge is 0.0948 e. The van der Waals surface area contributed by atoms with Crippen LogP contribution in [-0.2, 0) is 13.0 Å². The molecule has 0 radical (unpaired) electrons. The maximum atomic E-state index is 5.85. The lowest BCUT2D eigenvalue weighted by Crippen LogP contribution is -2.13. The van der Waals surface area contributed by atoms with Crippen molar-refractivity contribution in [1.82, 2.24) is 14.5 Å². The summed E-state index contributed by atoms with van der Waals surface area (Å²) in [5.41, 5.74) is 8.01. The molecule has 0 amide bonds. The molecular formula is C12H16N4. The van der Waals surface area contributed by atoms with Crippen molar-refractivity contribution in [2.75, 3.05) is 0 Å². The minimum Gasteiger partial charge on any atom is -0.333 e. The summed E-state index contributed by atoms with van der Waals surface area (Å²) in [7, 11) is 0. The lowest BCUT2D eigenvalue weighted by Gasteiger charge is -2.10. The van der Waals surface area contributed by atoms with Crippen LogP contribution in [0.2, 0.25) is 0 Å². The van der Waals surface area contributed by atoms with Crippen LogP contribution in [0.4, 0.5) is 0 Å². The molecular weight excluding hydrogens is 200 g/mol. The van der Waals surface area contributed by atoms with E-state index in [1.165, 1.54) is 0 Å². The van der Waals surface area contributed by atoms with Gasteiger partial charge in [0.1, 0.15) is 0 Å². The molecule has 0 bridgehead atoms. The van der Waals surface area contributed by atoms with Crippen LogP contribution < -0.4 is 5.73 Å². The van der Waals surface area contributed by atoms with E-state index in [4.69, 9.17) is 5.73 Å². The Morgan fingerprint density at radius 1 is 1.44 bits per heavy atom. The number of nitrogens with zero attached hydrogens (tertiary/aromatic N) is 3. The van der Waals surface area contributed by atoms with E-state index in [-0.39, 0.29) is 6.04 Å². The molecule has 2 aromatic heterocycles. The first kappa shape index (κ1) is 10.8. The van der Waals surface area contributed by atoms with Crippen LogP contribution in [0.25, 0.3) is 0 Å². The molecule has 84 valence electrons. The van der Waals surface area contributed by atoms with E-state index in [0.29, 0.717) is 0 Å². The minimum absolute atomic E-state index is 0.0197. The predicted molar refractivity (Wildman–Crippen MR) is 62.8 cm³/mol. The Hall–Kier alpha value is -1.68. The molecule has 4 heteroatoms. The zero-order chi connectivity index (χ0) is 11.4. The molecule has 2 heterocycles. The lowest BCUT2D eigenvalue weighted by molar-refractivity contribution is 0.618. The Labute approximate surface area is 95.1 Å². The number of imidazole rings is 1. The van der Waals surface area contributed by atoms with Gasteiger partial charge in [0.15, 0.2) is 0 Å². The third-order valence-corrected chi connectivity index (χ3v) is 2.55. The van der Waals surface area contributed by atoms with E-state index in [0.717, 1.165) is 24.4 Å². The Balaban J connectivity index is 2.02. The summed E-state index contributed by atoms with van der Waals surface area (Å²) in [6, 6.07) is 5.98. The fourth-order valence-electron chi connectivity index (χ4n) is 1.68. The van der Waals surface area contributed by atoms with E-state index in [2.05, 4.69) is 14.5 Å². The molecule has 0 aromatic carbocycles. The number of hydrogen-bond donors (Lipinski definition) is 1. The summed E-state index contributed by atoms with van der Waals surface area (Å²) in [5.74, 6) is 0. The minimum atomic E-state index is 0.0197. The van der Waals surface area contributed by atoms with Gasteiger partial charge < -0.3 is 10.3 Å². The molecule has 0 aliphatic carbocycles. The zero-order valence-electron chi connectivity index (χ0n) is 9.37. The SMILES string of the molecule is C[C@@H](N)c1cncn1CCc1ccccn1. The average molecular weight is 216 g/mol. The molecule has 0 spiro atoms. The van der Waals surface area contributed by atoms with Crippen molar-refractivity contribution in [2.45, 2.75) is 25.9 Å². The second-order valence-corrected chi connectivity index (χ2v) is 3.87. The van der Waals surface area contributed by atoms with E-state index < -0.39 is 0 Å². The van der Waals surface area contributed by atoms with Crippen LogP contribution in [0.1, 0.15) is 24.4 Å². The van der Waals surface area contributed by atoms with Crippen LogP contribution >= 0.6 is 0 Å². The van der Waals surface area contributed by atoms with Crippen molar-refractivity contribution in [1.29, 1.82) is 0 Å². The number of aromatic nitrogens is 3. The van der Waals surface area contributed by atoms with Gasteiger partial charge in [0, 0.05) is 37.1 Å². The van der Waals surface area contributed by atoms with Crippen LogP contribution in [0.15, 0.2) is 36.9 Å². The third-order valence-electron chi connectivity index (χ3n) is 2.55. The second kappa shape index (κ2) is 4.90. The Bertz CT molecular complexity index is 433. The maximum Gasteiger partial charge on any atom is 0.0948 e. The Kier molecular flexibility index (Phi) is 3.31. The topological polar surface area (TPSA) is 56.7 Å². The Morgan fingerprint density at radius 3 is 3.00 bits per heavy atom. The highest BCUT2D eigenvalue weighted by atomic mass is 15.1. The van der Waals surface area contributed by atoms with Crippen molar-refractivity contribution < 1.29 is 0 Å². The van der Waals surface area contributed by atoms with Crippen molar-refractivity contribution in [3.63, 3.8) is 0 Å². The number of hydrogen-bond acceptors (Lipinski definition) is 3. The van der Waals surface area contributed by atoms with Gasteiger partial charge in [-0.3, -0.25) is 4.98 Å². The molecule has 2 N–H and O–H groups in total. The van der Waals surface area contributed by atoms with E-state index in [1.54, 1.807) is 0 Å². The molecule has 2 aromatic rings. The van der Waals surface area contributed by atoms with Gasteiger partial charge in [0.2, 0.25) is 0 Å². The van der Waals surface area contributed by atoms with Crippen LogP contribution in [-0.4, -0.2) is 14.5 Å². The predicted octanol–water partition coefficient (Wildman–Crippen LogP) is 1.54. The highest BCUT2D eigenvalue weighted by Crippen LogP contribution is 2.09. The van der Waals surface area contributed by atoms with Gasteiger partial charge >= 0.3 is 0 Å². The van der Waals surface area contributed by atoms with Crippen molar-refractivity contribution >= 4 is 0 Å². The van der Waals surface area contributed by atoms with E-state index >= 15 is 0 Å². The highest BCUT2D eigenvalue weighted by molar-refractivity contribution is 5.06. The normalized spacial score (nSPS) is 12.6. The molecule has 1 atom stereocenters. The standard InChI is InChI=1S/C12H16N4/c1-10(13)12-8-14-9-16(12)7-5-11-4-2-3-6-15-11/h2-4,6,8-10H,5,7,13H2,1H3/t10-/m1/s1. The van der Waals surface area contributed by atoms with Crippen molar-refractivity contribution in [3.8, 4) is 0 Å². The molecule has 0 saturated heterocycles. The van der Waals surface area contributed by atoms with E-state index in [1.807, 2.05) is 43.8 Å². The summed E-state index contributed by atoms with van der Waals surface area (Å²) >= 11 is 0. The quantitative estimate of drug-likeness (QED) is 0.843. The largest absolute Gasteiger partial charge is 0.333 e. The third kappa shape index (κ3) is 2.46. The van der Waals surface area contributed by atoms with Crippen LogP contribution in [0, 0.1) is 0 Å². The maximum absolute atomic E-state index is 5.85. The number of pyridine rings is 1. The number of nitrogens with two attached hydrogens (primary N) is 1. The summed E-state index contributed by atoms with van der Waals surface area (Å²) < 4.78 is 2.08. The molecule has 16 heavy (non-hydrogen) atoms. The van der Waals surface area contributed by atoms with E-state index in [9.17, 15) is 0 Å². The first-order chi connectivity index (χ1) is 7.77. The lowest BCUT2D eigenvalue weighted by atomic mass is 10.2. The van der Waals surface area contributed by atoms with Gasteiger partial charge in [-0.1, -0.05) is 6.07 Å². The fourth-order valence-corrected chi connectivity index (χ4v) is 1.68. The molecule has 0 aliphatic rings. The number of aryl methyl sites for hydroxylation is 2. The monoisotopic (exact) mass is 216 g/mol. The molecule has 2 rings (SSSR count). The van der Waals surface area contributed by atoms with Crippen LogP contribution in [0.3, 0.4) is 0 Å². The van der Waals surface area contributed by atoms with Gasteiger partial charge in [-0.25, -0.2) is 4.98 Å². The molecule has 0 saturated carbocycles. The number of rotatable bonds is 4. The van der Waals surface area contributed by atoms with Gasteiger partial charge in [0.05, 0.1) is 12.0 Å². The van der Waals surface area contributed by atoms with Gasteiger partial charge in [-0.05, 0) is 19.1 Å². The first-order valence-electron chi connectivity index (χ1n) is 5.43. The highest BCUT2D eigenvalue weighted by Gasteiger charge is 2.06. The Morgan fingerprint density at radius 2 is 2.31 bits per heavy atom. The second-order valence-electron chi connectivity index (χ2n) is 3.87. The molecule has 0 fully saturated rings. The van der Waals surface area contributed by atoms with Crippen molar-refractivity contribution in [2.24, 2.45) is 5.73 Å². The molecule has 4 nitrogen and oxygen atoms in total. The summed E-state index contributed by atoms with van der Waals surface area (Å²) in [6.45, 7) is 2.84. The fraction of sp³-hybridized carbons (Fsp3) is 0.333. The van der Waals surface area contributed by atoms with Gasteiger partial charge in [-0.2, -0.15) is 0 Å². The molecule has 0 aliphatic heterocycles. The average Bonchev–Trinajstić information content (AvgIpc) is 2.76. The van der Waals surface area contributed by atoms with Gasteiger partial charge in [0.25, 0.3) is 0 Å². The zero-order valence-corrected chi connectivity index (χ0v) is 9.37.